The molecule has 1 amide bonds. The second-order valence-electron chi connectivity index (χ2n) is 8.89. The van der Waals surface area contributed by atoms with E-state index in [2.05, 4.69) is 5.10 Å². The fraction of sp³-hybridized carbons (Fsp3) is 0.571. The maximum atomic E-state index is 12.2. The maximum Gasteiger partial charge on any atom is 0.441 e. The molecule has 0 N–H and O–H groups in total. The Hall–Kier alpha value is -2.62. The normalized spacial score (nSPS) is 15.8. The first-order valence-corrected chi connectivity index (χ1v) is 12.2. The van der Waals surface area contributed by atoms with Crippen molar-refractivity contribution in [1.82, 2.24) is 14.7 Å². The Morgan fingerprint density at radius 3 is 2.35 bits per heavy atom. The van der Waals surface area contributed by atoms with Gasteiger partial charge in [-0.05, 0) is 70.2 Å². The van der Waals surface area contributed by atoms with Gasteiger partial charge in [0, 0.05) is 25.8 Å². The van der Waals surface area contributed by atoms with Gasteiger partial charge in [-0.15, -0.1) is 5.10 Å². The van der Waals surface area contributed by atoms with Crippen LogP contribution in [0.15, 0.2) is 38.4 Å². The van der Waals surface area contributed by atoms with Gasteiger partial charge in [0.1, 0.15) is 5.60 Å². The molecule has 3 rings (SSSR count). The lowest BCUT2D eigenvalue weighted by molar-refractivity contribution is 0.0180. The van der Waals surface area contributed by atoms with Crippen LogP contribution in [-0.4, -0.2) is 54.1 Å². The summed E-state index contributed by atoms with van der Waals surface area (Å²) in [6.45, 7) is 6.84. The molecule has 1 aromatic heterocycles. The van der Waals surface area contributed by atoms with Crippen molar-refractivity contribution in [3.8, 4) is 5.69 Å². The lowest BCUT2D eigenvalue weighted by Crippen LogP contribution is -2.41. The average molecular weight is 452 g/mol. The molecule has 1 fully saturated rings. The molecule has 0 bridgehead atoms. The second kappa shape index (κ2) is 8.86. The van der Waals surface area contributed by atoms with Crippen molar-refractivity contribution in [3.63, 3.8) is 0 Å². The summed E-state index contributed by atoms with van der Waals surface area (Å²) in [5.41, 5.74) is -0.0619. The van der Waals surface area contributed by atoms with Crippen LogP contribution >= 0.6 is 0 Å². The topological polar surface area (TPSA) is 112 Å². The number of ether oxygens (including phenoxy) is 1. The van der Waals surface area contributed by atoms with Crippen LogP contribution < -0.4 is 5.76 Å². The molecule has 0 radical (unpaired) electrons. The minimum absolute atomic E-state index is 0.172. The fourth-order valence-electron chi connectivity index (χ4n) is 3.47. The highest BCUT2D eigenvalue weighted by molar-refractivity contribution is 7.90. The monoisotopic (exact) mass is 451 g/mol. The van der Waals surface area contributed by atoms with Crippen LogP contribution in [0, 0.1) is 5.92 Å². The summed E-state index contributed by atoms with van der Waals surface area (Å²) in [6, 6.07) is 5.92. The van der Waals surface area contributed by atoms with Gasteiger partial charge < -0.3 is 14.1 Å². The van der Waals surface area contributed by atoms with E-state index in [4.69, 9.17) is 9.15 Å². The van der Waals surface area contributed by atoms with E-state index >= 15 is 0 Å². The van der Waals surface area contributed by atoms with Gasteiger partial charge >= 0.3 is 11.8 Å². The van der Waals surface area contributed by atoms with E-state index in [0.29, 0.717) is 37.0 Å². The van der Waals surface area contributed by atoms with Gasteiger partial charge in [0.05, 0.1) is 10.6 Å². The molecule has 2 heterocycles. The molecule has 0 spiro atoms. The van der Waals surface area contributed by atoms with Gasteiger partial charge in [-0.1, -0.05) is 0 Å². The summed E-state index contributed by atoms with van der Waals surface area (Å²) >= 11 is 0. The van der Waals surface area contributed by atoms with Crippen molar-refractivity contribution < 1.29 is 22.4 Å². The van der Waals surface area contributed by atoms with Crippen LogP contribution in [0.1, 0.15) is 45.9 Å². The van der Waals surface area contributed by atoms with Gasteiger partial charge in [0.2, 0.25) is 5.89 Å². The number of likely N-dealkylation sites (tertiary alicyclic amines) is 1. The predicted octanol–water partition coefficient (Wildman–Crippen LogP) is 2.81. The summed E-state index contributed by atoms with van der Waals surface area (Å²) < 4.78 is 35.0. The Morgan fingerprint density at radius 1 is 1.19 bits per heavy atom. The highest BCUT2D eigenvalue weighted by Gasteiger charge is 2.27. The highest BCUT2D eigenvalue weighted by Crippen LogP contribution is 2.23. The third-order valence-corrected chi connectivity index (χ3v) is 6.26. The third-order valence-electron chi connectivity index (χ3n) is 5.13. The van der Waals surface area contributed by atoms with E-state index in [1.165, 1.54) is 24.3 Å². The number of benzene rings is 1. The Labute approximate surface area is 181 Å². The van der Waals surface area contributed by atoms with E-state index in [-0.39, 0.29) is 11.0 Å². The third kappa shape index (κ3) is 6.19. The molecule has 1 aliphatic rings. The Bertz CT molecular complexity index is 1070. The van der Waals surface area contributed by atoms with Crippen LogP contribution in [0.3, 0.4) is 0 Å². The summed E-state index contributed by atoms with van der Waals surface area (Å²) in [5, 5.41) is 4.24. The summed E-state index contributed by atoms with van der Waals surface area (Å²) in [4.78, 5) is 26.2. The number of rotatable bonds is 5. The number of carbonyl (C=O) groups excluding carboxylic acids is 1. The van der Waals surface area contributed by atoms with Crippen LogP contribution in [0.4, 0.5) is 4.79 Å². The Balaban J connectivity index is 1.55. The molecule has 1 saturated heterocycles. The smallest absolute Gasteiger partial charge is 0.441 e. The van der Waals surface area contributed by atoms with Gasteiger partial charge in [0.15, 0.2) is 9.84 Å². The zero-order valence-electron chi connectivity index (χ0n) is 18.3. The number of hydrogen-bond acceptors (Lipinski definition) is 7. The van der Waals surface area contributed by atoms with Crippen LogP contribution in [-0.2, 0) is 21.0 Å². The highest BCUT2D eigenvalue weighted by atomic mass is 32.2. The second-order valence-corrected chi connectivity index (χ2v) is 10.9. The molecule has 0 unspecified atom stereocenters. The van der Waals surface area contributed by atoms with Crippen molar-refractivity contribution in [2.45, 2.75) is 57.0 Å². The van der Waals surface area contributed by atoms with Gasteiger partial charge in [-0.3, -0.25) is 0 Å². The number of amides is 1. The Morgan fingerprint density at radius 2 is 1.81 bits per heavy atom. The summed E-state index contributed by atoms with van der Waals surface area (Å²) in [5.74, 6) is 0.136. The first-order valence-electron chi connectivity index (χ1n) is 10.3. The number of piperidine rings is 1. The standard InChI is InChI=1S/C21H29N3O6S/c1-21(2,3)30-19(25)23-13-11-15(12-14-23)5-10-18-22-24(20(26)29-18)16-6-8-17(9-7-16)31(4,27)28/h6-9,15H,5,10-14H2,1-4H3. The van der Waals surface area contributed by atoms with Gasteiger partial charge in [-0.2, -0.15) is 4.68 Å². The zero-order valence-corrected chi connectivity index (χ0v) is 19.1. The minimum Gasteiger partial charge on any atom is -0.444 e. The summed E-state index contributed by atoms with van der Waals surface area (Å²) in [7, 11) is -3.31. The van der Waals surface area contributed by atoms with Crippen molar-refractivity contribution in [2.75, 3.05) is 19.3 Å². The summed E-state index contributed by atoms with van der Waals surface area (Å²) in [6.07, 6.45) is 3.88. The molecular weight excluding hydrogens is 422 g/mol. The average Bonchev–Trinajstić information content (AvgIpc) is 3.05. The minimum atomic E-state index is -3.31. The van der Waals surface area contributed by atoms with Crippen molar-refractivity contribution in [2.24, 2.45) is 5.92 Å². The van der Waals surface area contributed by atoms with E-state index in [1.807, 2.05) is 20.8 Å². The number of aromatic nitrogens is 2. The van der Waals surface area contributed by atoms with Crippen LogP contribution in [0.25, 0.3) is 5.69 Å². The van der Waals surface area contributed by atoms with Gasteiger partial charge in [0.25, 0.3) is 0 Å². The van der Waals surface area contributed by atoms with Crippen molar-refractivity contribution in [3.05, 3.63) is 40.7 Å². The molecule has 0 aliphatic carbocycles. The molecule has 170 valence electrons. The van der Waals surface area contributed by atoms with Crippen LogP contribution in [0.2, 0.25) is 0 Å². The zero-order chi connectivity index (χ0) is 22.8. The molecule has 2 aromatic rings. The van der Waals surface area contributed by atoms with Crippen molar-refractivity contribution >= 4 is 15.9 Å². The quantitative estimate of drug-likeness (QED) is 0.687. The SMILES string of the molecule is CC(C)(C)OC(=O)N1CCC(CCc2nn(-c3ccc(S(C)(=O)=O)cc3)c(=O)o2)CC1. The predicted molar refractivity (Wildman–Crippen MR) is 114 cm³/mol. The Kier molecular flexibility index (Phi) is 6.59. The van der Waals surface area contributed by atoms with Crippen molar-refractivity contribution in [1.29, 1.82) is 0 Å². The number of aryl methyl sites for hydroxylation is 1. The molecular formula is C21H29N3O6S. The maximum absolute atomic E-state index is 12.2. The largest absolute Gasteiger partial charge is 0.444 e. The number of nitrogens with zero attached hydrogens (tertiary/aromatic N) is 3. The lowest BCUT2D eigenvalue weighted by atomic mass is 9.92. The molecule has 10 heteroatoms. The lowest BCUT2D eigenvalue weighted by Gasteiger charge is -2.33. The van der Waals surface area contributed by atoms with E-state index < -0.39 is 21.2 Å². The first kappa shape index (κ1) is 23.1. The molecule has 9 nitrogen and oxygen atoms in total. The number of carbonyl (C=O) groups is 1. The molecule has 1 aliphatic heterocycles. The van der Waals surface area contributed by atoms with E-state index in [1.54, 1.807) is 4.90 Å². The van der Waals surface area contributed by atoms with Crippen LogP contribution in [0.5, 0.6) is 0 Å². The number of hydrogen-bond donors (Lipinski definition) is 0. The molecule has 0 saturated carbocycles. The first-order chi connectivity index (χ1) is 14.4. The van der Waals surface area contributed by atoms with E-state index in [0.717, 1.165) is 30.2 Å². The molecule has 0 atom stereocenters. The molecule has 31 heavy (non-hydrogen) atoms. The number of sulfone groups is 1. The fourth-order valence-corrected chi connectivity index (χ4v) is 4.10. The van der Waals surface area contributed by atoms with Gasteiger partial charge in [-0.25, -0.2) is 18.0 Å². The molecule has 1 aromatic carbocycles. The van der Waals surface area contributed by atoms with E-state index in [9.17, 15) is 18.0 Å².